The Morgan fingerprint density at radius 1 is 0.947 bits per heavy atom. The molecular formula is C13H7BrF4O. The van der Waals surface area contributed by atoms with Gasteiger partial charge >= 0.3 is 0 Å². The maximum atomic E-state index is 13.3. The van der Waals surface area contributed by atoms with Gasteiger partial charge in [-0.3, -0.25) is 0 Å². The van der Waals surface area contributed by atoms with Gasteiger partial charge in [0.2, 0.25) is 11.6 Å². The Hall–Kier alpha value is -1.56. The zero-order chi connectivity index (χ0) is 14.0. The van der Waals surface area contributed by atoms with Gasteiger partial charge in [-0.05, 0) is 17.7 Å². The van der Waals surface area contributed by atoms with E-state index in [4.69, 9.17) is 4.74 Å². The van der Waals surface area contributed by atoms with Crippen LogP contribution in [0.5, 0.6) is 5.75 Å². The summed E-state index contributed by atoms with van der Waals surface area (Å²) in [5, 5.41) is 0. The molecule has 2 aromatic rings. The van der Waals surface area contributed by atoms with Crippen molar-refractivity contribution < 1.29 is 22.3 Å². The highest BCUT2D eigenvalue weighted by molar-refractivity contribution is 9.10. The van der Waals surface area contributed by atoms with Crippen LogP contribution in [0.4, 0.5) is 17.6 Å². The first-order valence-electron chi connectivity index (χ1n) is 5.19. The van der Waals surface area contributed by atoms with Crippen LogP contribution in [-0.4, -0.2) is 0 Å². The largest absolute Gasteiger partial charge is 0.483 e. The monoisotopic (exact) mass is 334 g/mol. The molecule has 0 heterocycles. The lowest BCUT2D eigenvalue weighted by Gasteiger charge is -2.09. The molecule has 1 nitrogen and oxygen atoms in total. The second-order valence-electron chi connectivity index (χ2n) is 3.72. The quantitative estimate of drug-likeness (QED) is 0.589. The average Bonchev–Trinajstić information content (AvgIpc) is 2.36. The van der Waals surface area contributed by atoms with Gasteiger partial charge in [0.1, 0.15) is 6.61 Å². The minimum Gasteiger partial charge on any atom is -0.483 e. The van der Waals surface area contributed by atoms with Crippen LogP contribution >= 0.6 is 15.9 Å². The van der Waals surface area contributed by atoms with E-state index in [9.17, 15) is 17.6 Å². The molecule has 0 spiro atoms. The van der Waals surface area contributed by atoms with Gasteiger partial charge in [0, 0.05) is 10.5 Å². The van der Waals surface area contributed by atoms with Crippen molar-refractivity contribution in [3.05, 3.63) is 63.6 Å². The normalized spacial score (nSPS) is 10.6. The summed E-state index contributed by atoms with van der Waals surface area (Å²) in [5.74, 6) is -7.15. The minimum atomic E-state index is -1.55. The molecule has 2 rings (SSSR count). The fourth-order valence-corrected chi connectivity index (χ4v) is 1.91. The van der Waals surface area contributed by atoms with Gasteiger partial charge in [-0.1, -0.05) is 28.1 Å². The van der Waals surface area contributed by atoms with Crippen molar-refractivity contribution in [2.45, 2.75) is 6.61 Å². The number of halogens is 5. The zero-order valence-corrected chi connectivity index (χ0v) is 11.0. The summed E-state index contributed by atoms with van der Waals surface area (Å²) in [6.07, 6.45) is 0. The third kappa shape index (κ3) is 3.07. The van der Waals surface area contributed by atoms with Crippen LogP contribution in [0.3, 0.4) is 0 Å². The molecule has 0 fully saturated rings. The molecule has 0 aliphatic rings. The summed E-state index contributed by atoms with van der Waals surface area (Å²) < 4.78 is 58.1. The topological polar surface area (TPSA) is 9.23 Å². The molecule has 0 radical (unpaired) electrons. The Balaban J connectivity index is 2.25. The van der Waals surface area contributed by atoms with Crippen molar-refractivity contribution in [1.82, 2.24) is 0 Å². The molecule has 2 aromatic carbocycles. The number of rotatable bonds is 3. The molecule has 0 aliphatic carbocycles. The molecule has 0 saturated carbocycles. The molecule has 0 atom stereocenters. The zero-order valence-electron chi connectivity index (χ0n) is 9.39. The second-order valence-corrected chi connectivity index (χ2v) is 4.63. The van der Waals surface area contributed by atoms with Gasteiger partial charge in [-0.15, -0.1) is 0 Å². The molecule has 19 heavy (non-hydrogen) atoms. The molecule has 0 saturated heterocycles. The molecule has 0 unspecified atom stereocenters. The lowest BCUT2D eigenvalue weighted by Crippen LogP contribution is -2.03. The Bertz CT molecular complexity index is 590. The SMILES string of the molecule is Fc1cc(F)c(F)c(OCc2cccc(Br)c2)c1F. The van der Waals surface area contributed by atoms with E-state index in [-0.39, 0.29) is 12.7 Å². The first-order chi connectivity index (χ1) is 8.99. The van der Waals surface area contributed by atoms with E-state index in [1.54, 1.807) is 24.3 Å². The van der Waals surface area contributed by atoms with Crippen LogP contribution in [0.25, 0.3) is 0 Å². The molecule has 100 valence electrons. The lowest BCUT2D eigenvalue weighted by molar-refractivity contribution is 0.261. The molecule has 0 aromatic heterocycles. The van der Waals surface area contributed by atoms with Crippen molar-refractivity contribution in [3.63, 3.8) is 0 Å². The first kappa shape index (κ1) is 13.9. The van der Waals surface area contributed by atoms with Crippen molar-refractivity contribution >= 4 is 15.9 Å². The third-order valence-electron chi connectivity index (χ3n) is 2.34. The minimum absolute atomic E-state index is 0.136. The molecule has 0 amide bonds. The molecule has 0 aliphatic heterocycles. The first-order valence-corrected chi connectivity index (χ1v) is 5.98. The Kier molecular flexibility index (Phi) is 4.09. The smallest absolute Gasteiger partial charge is 0.203 e. The Morgan fingerprint density at radius 3 is 2.16 bits per heavy atom. The van der Waals surface area contributed by atoms with Crippen LogP contribution in [-0.2, 0) is 6.61 Å². The van der Waals surface area contributed by atoms with Crippen LogP contribution in [0.15, 0.2) is 34.8 Å². The van der Waals surface area contributed by atoms with E-state index in [0.29, 0.717) is 5.56 Å². The van der Waals surface area contributed by atoms with Gasteiger partial charge in [-0.2, -0.15) is 8.78 Å². The van der Waals surface area contributed by atoms with Crippen molar-refractivity contribution in [3.8, 4) is 5.75 Å². The Labute approximate surface area is 114 Å². The Morgan fingerprint density at radius 2 is 1.58 bits per heavy atom. The fourth-order valence-electron chi connectivity index (χ4n) is 1.46. The van der Waals surface area contributed by atoms with Gasteiger partial charge in [0.05, 0.1) is 0 Å². The second kappa shape index (κ2) is 5.61. The standard InChI is InChI=1S/C13H7BrF4O/c14-8-3-1-2-7(4-8)6-19-13-11(17)9(15)5-10(16)12(13)18/h1-5H,6H2. The van der Waals surface area contributed by atoms with Crippen molar-refractivity contribution in [2.75, 3.05) is 0 Å². The summed E-state index contributed by atoms with van der Waals surface area (Å²) >= 11 is 3.22. The van der Waals surface area contributed by atoms with Gasteiger partial charge in [0.15, 0.2) is 17.4 Å². The summed E-state index contributed by atoms with van der Waals surface area (Å²) in [6, 6.07) is 6.90. The van der Waals surface area contributed by atoms with Crippen molar-refractivity contribution in [2.24, 2.45) is 0 Å². The molecular weight excluding hydrogens is 328 g/mol. The predicted molar refractivity (Wildman–Crippen MR) is 64.7 cm³/mol. The third-order valence-corrected chi connectivity index (χ3v) is 2.84. The van der Waals surface area contributed by atoms with E-state index in [0.717, 1.165) is 4.47 Å². The average molecular weight is 335 g/mol. The predicted octanol–water partition coefficient (Wildman–Crippen LogP) is 4.58. The summed E-state index contributed by atoms with van der Waals surface area (Å²) in [5.41, 5.74) is 0.595. The number of hydrogen-bond donors (Lipinski definition) is 0. The molecule has 0 N–H and O–H groups in total. The van der Waals surface area contributed by atoms with Crippen LogP contribution < -0.4 is 4.74 Å². The summed E-state index contributed by atoms with van der Waals surface area (Å²) in [6.45, 7) is -0.212. The van der Waals surface area contributed by atoms with Gasteiger partial charge in [-0.25, -0.2) is 8.78 Å². The maximum absolute atomic E-state index is 13.3. The van der Waals surface area contributed by atoms with Gasteiger partial charge < -0.3 is 4.74 Å². The highest BCUT2D eigenvalue weighted by atomic mass is 79.9. The summed E-state index contributed by atoms with van der Waals surface area (Å²) in [4.78, 5) is 0. The van der Waals surface area contributed by atoms with E-state index in [1.165, 1.54) is 0 Å². The number of hydrogen-bond acceptors (Lipinski definition) is 1. The highest BCUT2D eigenvalue weighted by Crippen LogP contribution is 2.27. The van der Waals surface area contributed by atoms with E-state index >= 15 is 0 Å². The van der Waals surface area contributed by atoms with Crippen LogP contribution in [0, 0.1) is 23.3 Å². The number of ether oxygens (including phenoxy) is 1. The highest BCUT2D eigenvalue weighted by Gasteiger charge is 2.20. The maximum Gasteiger partial charge on any atom is 0.203 e. The van der Waals surface area contributed by atoms with E-state index < -0.39 is 29.0 Å². The van der Waals surface area contributed by atoms with E-state index in [2.05, 4.69) is 15.9 Å². The van der Waals surface area contributed by atoms with E-state index in [1.807, 2.05) is 0 Å². The van der Waals surface area contributed by atoms with Crippen LogP contribution in [0.1, 0.15) is 5.56 Å². The molecule has 6 heteroatoms. The molecule has 0 bridgehead atoms. The van der Waals surface area contributed by atoms with Crippen LogP contribution in [0.2, 0.25) is 0 Å². The van der Waals surface area contributed by atoms with Crippen molar-refractivity contribution in [1.29, 1.82) is 0 Å². The number of benzene rings is 2. The van der Waals surface area contributed by atoms with Gasteiger partial charge in [0.25, 0.3) is 0 Å². The summed E-state index contributed by atoms with van der Waals surface area (Å²) in [7, 11) is 0. The fraction of sp³-hybridized carbons (Fsp3) is 0.0769. The lowest BCUT2D eigenvalue weighted by atomic mass is 10.2.